The SMILES string of the molecule is Cc1nc(NC(C)CN2CCCCC2)ccc1Br. The summed E-state index contributed by atoms with van der Waals surface area (Å²) >= 11 is 3.48. The van der Waals surface area contributed by atoms with Gasteiger partial charge in [0.15, 0.2) is 0 Å². The van der Waals surface area contributed by atoms with Crippen LogP contribution in [0.3, 0.4) is 0 Å². The first-order chi connectivity index (χ1) is 8.65. The number of hydrogen-bond donors (Lipinski definition) is 1. The quantitative estimate of drug-likeness (QED) is 0.923. The van der Waals surface area contributed by atoms with E-state index in [0.29, 0.717) is 6.04 Å². The summed E-state index contributed by atoms with van der Waals surface area (Å²) in [6, 6.07) is 4.53. The van der Waals surface area contributed by atoms with Gasteiger partial charge in [0.2, 0.25) is 0 Å². The number of nitrogens with zero attached hydrogens (tertiary/aromatic N) is 2. The molecule has 2 heterocycles. The third-order valence-electron chi connectivity index (χ3n) is 3.40. The van der Waals surface area contributed by atoms with Crippen LogP contribution in [-0.2, 0) is 0 Å². The molecular weight excluding hydrogens is 290 g/mol. The molecule has 18 heavy (non-hydrogen) atoms. The Morgan fingerprint density at radius 2 is 2.06 bits per heavy atom. The Labute approximate surface area is 118 Å². The Morgan fingerprint density at radius 3 is 2.72 bits per heavy atom. The van der Waals surface area contributed by atoms with Crippen molar-refractivity contribution in [3.8, 4) is 0 Å². The molecular formula is C14H22BrN3. The van der Waals surface area contributed by atoms with Crippen LogP contribution in [0, 0.1) is 6.92 Å². The van der Waals surface area contributed by atoms with Crippen LogP contribution in [0.2, 0.25) is 0 Å². The highest BCUT2D eigenvalue weighted by atomic mass is 79.9. The molecule has 1 aromatic rings. The van der Waals surface area contributed by atoms with Crippen LogP contribution in [0.5, 0.6) is 0 Å². The second-order valence-corrected chi connectivity index (χ2v) is 6.02. The van der Waals surface area contributed by atoms with Crippen LogP contribution in [0.1, 0.15) is 31.9 Å². The van der Waals surface area contributed by atoms with Crippen molar-refractivity contribution < 1.29 is 0 Å². The summed E-state index contributed by atoms with van der Waals surface area (Å²) < 4.78 is 1.07. The maximum atomic E-state index is 4.53. The van der Waals surface area contributed by atoms with E-state index in [1.807, 2.05) is 13.0 Å². The number of nitrogens with one attached hydrogen (secondary N) is 1. The molecule has 1 atom stereocenters. The number of aromatic nitrogens is 1. The molecule has 0 aliphatic carbocycles. The van der Waals surface area contributed by atoms with Crippen molar-refractivity contribution in [2.24, 2.45) is 0 Å². The van der Waals surface area contributed by atoms with Gasteiger partial charge in [0.25, 0.3) is 0 Å². The van der Waals surface area contributed by atoms with E-state index in [2.05, 4.69) is 44.1 Å². The Hall–Kier alpha value is -0.610. The number of piperidine rings is 1. The zero-order chi connectivity index (χ0) is 13.0. The summed E-state index contributed by atoms with van der Waals surface area (Å²) in [4.78, 5) is 7.08. The predicted molar refractivity (Wildman–Crippen MR) is 80.0 cm³/mol. The normalized spacial score (nSPS) is 18.6. The molecule has 1 aliphatic heterocycles. The van der Waals surface area contributed by atoms with Crippen LogP contribution >= 0.6 is 15.9 Å². The van der Waals surface area contributed by atoms with Crippen molar-refractivity contribution in [1.29, 1.82) is 0 Å². The summed E-state index contributed by atoms with van der Waals surface area (Å²) in [5.41, 5.74) is 1.03. The van der Waals surface area contributed by atoms with Crippen molar-refractivity contribution >= 4 is 21.7 Å². The van der Waals surface area contributed by atoms with E-state index in [-0.39, 0.29) is 0 Å². The molecule has 0 bridgehead atoms. The van der Waals surface area contributed by atoms with E-state index >= 15 is 0 Å². The zero-order valence-corrected chi connectivity index (χ0v) is 12.8. The smallest absolute Gasteiger partial charge is 0.126 e. The summed E-state index contributed by atoms with van der Waals surface area (Å²) in [6.45, 7) is 7.85. The molecule has 1 unspecified atom stereocenters. The average Bonchev–Trinajstić information content (AvgIpc) is 2.35. The summed E-state index contributed by atoms with van der Waals surface area (Å²) in [7, 11) is 0. The highest BCUT2D eigenvalue weighted by molar-refractivity contribution is 9.10. The fourth-order valence-corrected chi connectivity index (χ4v) is 2.67. The number of hydrogen-bond acceptors (Lipinski definition) is 3. The Morgan fingerprint density at radius 1 is 1.33 bits per heavy atom. The number of aryl methyl sites for hydroxylation is 1. The van der Waals surface area contributed by atoms with Crippen LogP contribution in [-0.4, -0.2) is 35.6 Å². The largest absolute Gasteiger partial charge is 0.366 e. The van der Waals surface area contributed by atoms with Gasteiger partial charge in [-0.2, -0.15) is 0 Å². The minimum Gasteiger partial charge on any atom is -0.366 e. The number of halogens is 1. The van der Waals surface area contributed by atoms with E-state index in [9.17, 15) is 0 Å². The van der Waals surface area contributed by atoms with Gasteiger partial charge < -0.3 is 10.2 Å². The van der Waals surface area contributed by atoms with Crippen molar-refractivity contribution in [1.82, 2.24) is 9.88 Å². The lowest BCUT2D eigenvalue weighted by atomic mass is 10.1. The topological polar surface area (TPSA) is 28.2 Å². The maximum Gasteiger partial charge on any atom is 0.126 e. The molecule has 0 aromatic carbocycles. The lowest BCUT2D eigenvalue weighted by Crippen LogP contribution is -2.38. The molecule has 0 amide bonds. The third kappa shape index (κ3) is 3.95. The zero-order valence-electron chi connectivity index (χ0n) is 11.2. The van der Waals surface area contributed by atoms with Gasteiger partial charge in [0, 0.05) is 17.1 Å². The van der Waals surface area contributed by atoms with E-state index in [4.69, 9.17) is 0 Å². The van der Waals surface area contributed by atoms with E-state index in [1.54, 1.807) is 0 Å². The third-order valence-corrected chi connectivity index (χ3v) is 4.23. The first-order valence-electron chi connectivity index (χ1n) is 6.77. The van der Waals surface area contributed by atoms with Gasteiger partial charge in [-0.15, -0.1) is 0 Å². The minimum absolute atomic E-state index is 0.441. The molecule has 0 radical (unpaired) electrons. The van der Waals surface area contributed by atoms with Gasteiger partial charge in [-0.25, -0.2) is 4.98 Å². The first kappa shape index (κ1) is 13.8. The molecule has 2 rings (SSSR count). The molecule has 0 spiro atoms. The van der Waals surface area contributed by atoms with Gasteiger partial charge in [0.1, 0.15) is 5.82 Å². The van der Waals surface area contributed by atoms with E-state index < -0.39 is 0 Å². The Bertz CT molecular complexity index is 389. The summed E-state index contributed by atoms with van der Waals surface area (Å²) in [5.74, 6) is 0.972. The maximum absolute atomic E-state index is 4.53. The van der Waals surface area contributed by atoms with Crippen LogP contribution in [0.15, 0.2) is 16.6 Å². The Kier molecular flexibility index (Phi) is 5.01. The highest BCUT2D eigenvalue weighted by Crippen LogP contribution is 2.17. The first-order valence-corrected chi connectivity index (χ1v) is 7.56. The molecule has 100 valence electrons. The number of rotatable bonds is 4. The molecule has 1 aliphatic rings. The van der Waals surface area contributed by atoms with Crippen molar-refractivity contribution in [3.63, 3.8) is 0 Å². The number of likely N-dealkylation sites (tertiary alicyclic amines) is 1. The minimum atomic E-state index is 0.441. The fourth-order valence-electron chi connectivity index (χ4n) is 2.45. The monoisotopic (exact) mass is 311 g/mol. The van der Waals surface area contributed by atoms with E-state index in [0.717, 1.165) is 22.5 Å². The molecule has 3 nitrogen and oxygen atoms in total. The molecule has 1 fully saturated rings. The highest BCUT2D eigenvalue weighted by Gasteiger charge is 2.13. The molecule has 1 aromatic heterocycles. The average molecular weight is 312 g/mol. The molecule has 1 saturated heterocycles. The summed E-state index contributed by atoms with van der Waals surface area (Å²) in [6.07, 6.45) is 4.09. The lowest BCUT2D eigenvalue weighted by molar-refractivity contribution is 0.223. The molecule has 0 saturated carbocycles. The standard InChI is InChI=1S/C14H22BrN3/c1-11(10-18-8-4-3-5-9-18)16-14-7-6-13(15)12(2)17-14/h6-7,11H,3-5,8-10H2,1-2H3,(H,16,17). The second-order valence-electron chi connectivity index (χ2n) is 5.17. The van der Waals surface area contributed by atoms with E-state index in [1.165, 1.54) is 32.4 Å². The van der Waals surface area contributed by atoms with Crippen molar-refractivity contribution in [3.05, 3.63) is 22.3 Å². The summed E-state index contributed by atoms with van der Waals surface area (Å²) in [5, 5.41) is 3.48. The second kappa shape index (κ2) is 6.53. The van der Waals surface area contributed by atoms with Crippen LogP contribution < -0.4 is 5.32 Å². The van der Waals surface area contributed by atoms with Gasteiger partial charge in [-0.05, 0) is 67.8 Å². The number of pyridine rings is 1. The lowest BCUT2D eigenvalue weighted by Gasteiger charge is -2.29. The predicted octanol–water partition coefficient (Wildman–Crippen LogP) is 3.44. The van der Waals surface area contributed by atoms with Crippen LogP contribution in [0.4, 0.5) is 5.82 Å². The van der Waals surface area contributed by atoms with Gasteiger partial charge in [-0.1, -0.05) is 6.42 Å². The molecule has 1 N–H and O–H groups in total. The Balaban J connectivity index is 1.85. The van der Waals surface area contributed by atoms with Gasteiger partial charge >= 0.3 is 0 Å². The van der Waals surface area contributed by atoms with Gasteiger partial charge in [-0.3, -0.25) is 0 Å². The number of anilines is 1. The van der Waals surface area contributed by atoms with Crippen molar-refractivity contribution in [2.75, 3.05) is 25.0 Å². The molecule has 4 heteroatoms. The van der Waals surface area contributed by atoms with Crippen LogP contribution in [0.25, 0.3) is 0 Å². The van der Waals surface area contributed by atoms with Gasteiger partial charge in [0.05, 0.1) is 5.69 Å². The fraction of sp³-hybridized carbons (Fsp3) is 0.643. The van der Waals surface area contributed by atoms with Crippen molar-refractivity contribution in [2.45, 2.75) is 39.2 Å².